The number of hydrogen-bond acceptors (Lipinski definition) is 3. The minimum atomic E-state index is 0.170. The first-order valence-corrected chi connectivity index (χ1v) is 7.94. The molecule has 2 aliphatic carbocycles. The number of aryl methyl sites for hydroxylation is 1. The van der Waals surface area contributed by atoms with E-state index in [1.807, 2.05) is 0 Å². The van der Waals surface area contributed by atoms with Crippen LogP contribution in [-0.2, 0) is 6.42 Å². The topological polar surface area (TPSA) is 38.5 Å². The third-order valence-electron chi connectivity index (χ3n) is 5.71. The second-order valence-corrected chi connectivity index (χ2v) is 6.73. The average molecular weight is 272 g/mol. The van der Waals surface area contributed by atoms with Crippen LogP contribution >= 0.6 is 0 Å². The van der Waals surface area contributed by atoms with E-state index in [4.69, 9.17) is 10.5 Å². The summed E-state index contributed by atoms with van der Waals surface area (Å²) in [7, 11) is 1.73. The Labute approximate surface area is 121 Å². The van der Waals surface area contributed by atoms with Crippen LogP contribution in [0.2, 0.25) is 0 Å². The van der Waals surface area contributed by atoms with Crippen LogP contribution in [0.4, 0.5) is 0 Å². The first kappa shape index (κ1) is 12.7. The Morgan fingerprint density at radius 2 is 2.15 bits per heavy atom. The van der Waals surface area contributed by atoms with Crippen molar-refractivity contribution in [3.05, 3.63) is 29.3 Å². The Morgan fingerprint density at radius 1 is 1.25 bits per heavy atom. The lowest BCUT2D eigenvalue weighted by atomic mass is 9.83. The lowest BCUT2D eigenvalue weighted by molar-refractivity contribution is 0.116. The van der Waals surface area contributed by atoms with Crippen molar-refractivity contribution in [1.29, 1.82) is 0 Å². The summed E-state index contributed by atoms with van der Waals surface area (Å²) < 4.78 is 5.33. The predicted molar refractivity (Wildman–Crippen MR) is 79.9 cm³/mol. The minimum absolute atomic E-state index is 0.170. The quantitative estimate of drug-likeness (QED) is 0.899. The molecule has 3 nitrogen and oxygen atoms in total. The van der Waals surface area contributed by atoms with E-state index in [2.05, 4.69) is 23.1 Å². The molecule has 0 radical (unpaired) electrons. The van der Waals surface area contributed by atoms with E-state index in [1.54, 1.807) is 7.11 Å². The number of likely N-dealkylation sites (tertiary alicyclic amines) is 1. The number of nitrogens with two attached hydrogens (primary N) is 1. The second-order valence-electron chi connectivity index (χ2n) is 6.73. The summed E-state index contributed by atoms with van der Waals surface area (Å²) in [6.45, 7) is 1.29. The van der Waals surface area contributed by atoms with Gasteiger partial charge in [0.25, 0.3) is 0 Å². The van der Waals surface area contributed by atoms with Gasteiger partial charge in [0.2, 0.25) is 0 Å². The van der Waals surface area contributed by atoms with Gasteiger partial charge in [0, 0.05) is 24.7 Å². The molecule has 2 bridgehead atoms. The summed E-state index contributed by atoms with van der Waals surface area (Å²) in [6, 6.07) is 7.93. The number of hydrogen-bond donors (Lipinski definition) is 1. The van der Waals surface area contributed by atoms with E-state index in [-0.39, 0.29) is 6.04 Å². The van der Waals surface area contributed by atoms with Gasteiger partial charge >= 0.3 is 0 Å². The van der Waals surface area contributed by atoms with E-state index in [0.29, 0.717) is 6.04 Å². The molecule has 3 aliphatic rings. The molecule has 4 rings (SSSR count). The number of piperidine rings is 1. The molecule has 2 fully saturated rings. The third-order valence-corrected chi connectivity index (χ3v) is 5.71. The Kier molecular flexibility index (Phi) is 3.00. The number of benzene rings is 1. The molecule has 20 heavy (non-hydrogen) atoms. The number of fused-ring (bicyclic) bond motifs is 3. The first-order chi connectivity index (χ1) is 9.76. The zero-order valence-electron chi connectivity index (χ0n) is 12.2. The SMILES string of the molecule is COc1ccc2c(c1)CCC(N1CC3CCC1C3)C2N. The second kappa shape index (κ2) is 4.74. The summed E-state index contributed by atoms with van der Waals surface area (Å²) >= 11 is 0. The van der Waals surface area contributed by atoms with Gasteiger partial charge in [-0.05, 0) is 61.3 Å². The van der Waals surface area contributed by atoms with E-state index < -0.39 is 0 Å². The summed E-state index contributed by atoms with van der Waals surface area (Å²) in [5.74, 6) is 1.90. The summed E-state index contributed by atoms with van der Waals surface area (Å²) in [6.07, 6.45) is 6.59. The van der Waals surface area contributed by atoms with Crippen molar-refractivity contribution in [3.63, 3.8) is 0 Å². The maximum Gasteiger partial charge on any atom is 0.119 e. The Hall–Kier alpha value is -1.06. The number of ether oxygens (including phenoxy) is 1. The Bertz CT molecular complexity index is 516. The van der Waals surface area contributed by atoms with Crippen LogP contribution in [0.3, 0.4) is 0 Å². The molecular formula is C17H24N2O. The van der Waals surface area contributed by atoms with Crippen molar-refractivity contribution >= 4 is 0 Å². The molecule has 4 atom stereocenters. The molecule has 1 saturated heterocycles. The molecule has 3 heteroatoms. The van der Waals surface area contributed by atoms with Gasteiger partial charge in [-0.2, -0.15) is 0 Å². The largest absolute Gasteiger partial charge is 0.497 e. The highest BCUT2D eigenvalue weighted by Crippen LogP contribution is 2.43. The van der Waals surface area contributed by atoms with Gasteiger partial charge in [-0.15, -0.1) is 0 Å². The van der Waals surface area contributed by atoms with Crippen LogP contribution in [0.15, 0.2) is 18.2 Å². The lowest BCUT2D eigenvalue weighted by Crippen LogP contribution is -2.48. The van der Waals surface area contributed by atoms with Crippen molar-refractivity contribution in [1.82, 2.24) is 4.90 Å². The highest BCUT2D eigenvalue weighted by Gasteiger charge is 2.43. The van der Waals surface area contributed by atoms with Crippen molar-refractivity contribution in [2.75, 3.05) is 13.7 Å². The molecule has 0 amide bonds. The van der Waals surface area contributed by atoms with Gasteiger partial charge in [-0.3, -0.25) is 4.90 Å². The molecule has 2 N–H and O–H groups in total. The van der Waals surface area contributed by atoms with Gasteiger partial charge < -0.3 is 10.5 Å². The van der Waals surface area contributed by atoms with Crippen molar-refractivity contribution in [2.24, 2.45) is 11.7 Å². The van der Waals surface area contributed by atoms with Crippen LogP contribution in [0.5, 0.6) is 5.75 Å². The fourth-order valence-electron chi connectivity index (χ4n) is 4.68. The van der Waals surface area contributed by atoms with Crippen LogP contribution < -0.4 is 10.5 Å². The van der Waals surface area contributed by atoms with Crippen LogP contribution in [0.25, 0.3) is 0 Å². The number of rotatable bonds is 2. The fourth-order valence-corrected chi connectivity index (χ4v) is 4.68. The molecule has 4 unspecified atom stereocenters. The fraction of sp³-hybridized carbons (Fsp3) is 0.647. The summed E-state index contributed by atoms with van der Waals surface area (Å²) in [5.41, 5.74) is 9.34. The molecule has 1 aromatic carbocycles. The molecule has 1 heterocycles. The van der Waals surface area contributed by atoms with Crippen LogP contribution in [-0.4, -0.2) is 30.6 Å². The van der Waals surface area contributed by atoms with Gasteiger partial charge in [0.05, 0.1) is 7.11 Å². The molecule has 0 aromatic heterocycles. The summed E-state index contributed by atoms with van der Waals surface area (Å²) in [5, 5.41) is 0. The van der Waals surface area contributed by atoms with E-state index >= 15 is 0 Å². The van der Waals surface area contributed by atoms with Crippen LogP contribution in [0.1, 0.15) is 42.9 Å². The summed E-state index contributed by atoms with van der Waals surface area (Å²) in [4.78, 5) is 2.73. The lowest BCUT2D eigenvalue weighted by Gasteiger charge is -2.41. The third kappa shape index (κ3) is 1.87. The van der Waals surface area contributed by atoms with Gasteiger partial charge in [0.15, 0.2) is 0 Å². The molecule has 1 aromatic rings. The van der Waals surface area contributed by atoms with Crippen molar-refractivity contribution < 1.29 is 4.74 Å². The standard InChI is InChI=1S/C17H24N2O/c1-20-14-5-6-15-12(9-14)3-7-16(17(15)18)19-10-11-2-4-13(19)8-11/h5-6,9,11,13,16-17H,2-4,7-8,10,18H2,1H3. The Balaban J connectivity index is 1.59. The van der Waals surface area contributed by atoms with Gasteiger partial charge in [-0.1, -0.05) is 6.07 Å². The number of nitrogens with zero attached hydrogens (tertiary/aromatic N) is 1. The van der Waals surface area contributed by atoms with Crippen LogP contribution in [0, 0.1) is 5.92 Å². The van der Waals surface area contributed by atoms with Crippen molar-refractivity contribution in [3.8, 4) is 5.75 Å². The molecule has 1 aliphatic heterocycles. The zero-order chi connectivity index (χ0) is 13.7. The van der Waals surface area contributed by atoms with E-state index in [0.717, 1.165) is 24.1 Å². The van der Waals surface area contributed by atoms with E-state index in [1.165, 1.54) is 43.4 Å². The monoisotopic (exact) mass is 272 g/mol. The molecular weight excluding hydrogens is 248 g/mol. The smallest absolute Gasteiger partial charge is 0.119 e. The van der Waals surface area contributed by atoms with Crippen molar-refractivity contribution in [2.45, 2.75) is 50.2 Å². The molecule has 0 spiro atoms. The average Bonchev–Trinajstić information content (AvgIpc) is 3.10. The first-order valence-electron chi connectivity index (χ1n) is 7.94. The molecule has 108 valence electrons. The minimum Gasteiger partial charge on any atom is -0.497 e. The zero-order valence-corrected chi connectivity index (χ0v) is 12.2. The van der Waals surface area contributed by atoms with Gasteiger partial charge in [0.1, 0.15) is 5.75 Å². The van der Waals surface area contributed by atoms with E-state index in [9.17, 15) is 0 Å². The maximum absolute atomic E-state index is 6.61. The number of methoxy groups -OCH3 is 1. The Morgan fingerprint density at radius 3 is 2.85 bits per heavy atom. The maximum atomic E-state index is 6.61. The predicted octanol–water partition coefficient (Wildman–Crippen LogP) is 2.49. The highest BCUT2D eigenvalue weighted by molar-refractivity contribution is 5.40. The highest BCUT2D eigenvalue weighted by atomic mass is 16.5. The normalized spacial score (nSPS) is 36.1. The van der Waals surface area contributed by atoms with Gasteiger partial charge in [-0.25, -0.2) is 0 Å². The molecule has 1 saturated carbocycles.